The van der Waals surface area contributed by atoms with Crippen molar-refractivity contribution in [3.63, 3.8) is 0 Å². The van der Waals surface area contributed by atoms with Crippen LogP contribution in [0.5, 0.6) is 0 Å². The number of fused-ring (bicyclic) bond motifs is 1. The van der Waals surface area contributed by atoms with Crippen molar-refractivity contribution < 1.29 is 4.79 Å². The van der Waals surface area contributed by atoms with E-state index < -0.39 is 0 Å². The molecule has 0 spiro atoms. The van der Waals surface area contributed by atoms with Gasteiger partial charge in [-0.15, -0.1) is 0 Å². The van der Waals surface area contributed by atoms with E-state index in [1.807, 2.05) is 54.6 Å². The average Bonchev–Trinajstić information content (AvgIpc) is 3.02. The van der Waals surface area contributed by atoms with E-state index in [1.165, 1.54) is 0 Å². The molecular formula is C22H13ClN2O. The molecule has 2 aromatic carbocycles. The van der Waals surface area contributed by atoms with Gasteiger partial charge in [-0.2, -0.15) is 5.26 Å². The first kappa shape index (κ1) is 16.1. The predicted molar refractivity (Wildman–Crippen MR) is 102 cm³/mol. The van der Waals surface area contributed by atoms with Crippen LogP contribution in [0.25, 0.3) is 16.6 Å². The molecule has 3 nitrogen and oxygen atoms in total. The fourth-order valence-electron chi connectivity index (χ4n) is 3.21. The van der Waals surface area contributed by atoms with Gasteiger partial charge in [0.15, 0.2) is 5.78 Å². The number of carbonyl (C=O) groups is 1. The summed E-state index contributed by atoms with van der Waals surface area (Å²) in [5, 5.41) is 10.3. The standard InChI is InChI=1S/C22H13ClN2O/c23-17-11-5-4-10-16(17)20-18-12-6-7-13-25(18)19(14-24)21(20)22(26)15-8-2-1-3-9-15/h1-13H. The second-order valence-electron chi connectivity index (χ2n) is 5.84. The molecule has 4 heteroatoms. The van der Waals surface area contributed by atoms with Crippen LogP contribution in [-0.2, 0) is 0 Å². The number of hydrogen-bond donors (Lipinski definition) is 0. The smallest absolute Gasteiger partial charge is 0.196 e. The number of nitrogens with zero attached hydrogens (tertiary/aromatic N) is 2. The third-order valence-corrected chi connectivity index (χ3v) is 4.69. The molecule has 0 saturated heterocycles. The first-order valence-corrected chi connectivity index (χ1v) is 8.48. The monoisotopic (exact) mass is 356 g/mol. The van der Waals surface area contributed by atoms with Crippen molar-refractivity contribution in [3.05, 3.63) is 101 Å². The summed E-state index contributed by atoms with van der Waals surface area (Å²) in [4.78, 5) is 13.3. The normalized spacial score (nSPS) is 10.6. The molecule has 0 saturated carbocycles. The molecule has 0 N–H and O–H groups in total. The van der Waals surface area contributed by atoms with E-state index in [-0.39, 0.29) is 5.78 Å². The van der Waals surface area contributed by atoms with E-state index in [0.717, 1.165) is 11.1 Å². The molecule has 0 atom stereocenters. The summed E-state index contributed by atoms with van der Waals surface area (Å²) in [6.45, 7) is 0. The van der Waals surface area contributed by atoms with Gasteiger partial charge in [0.1, 0.15) is 11.8 Å². The van der Waals surface area contributed by atoms with Crippen LogP contribution in [0.1, 0.15) is 21.6 Å². The van der Waals surface area contributed by atoms with E-state index in [2.05, 4.69) is 6.07 Å². The SMILES string of the molecule is N#Cc1c(C(=O)c2ccccc2)c(-c2ccccc2Cl)c2ccccn12. The maximum absolute atomic E-state index is 13.3. The molecule has 4 aromatic rings. The summed E-state index contributed by atoms with van der Waals surface area (Å²) in [6, 6.07) is 24.1. The third-order valence-electron chi connectivity index (χ3n) is 4.36. The van der Waals surface area contributed by atoms with Crippen molar-refractivity contribution in [2.75, 3.05) is 0 Å². The number of pyridine rings is 1. The molecule has 0 aliphatic carbocycles. The zero-order chi connectivity index (χ0) is 18.1. The zero-order valence-corrected chi connectivity index (χ0v) is 14.4. The number of halogens is 1. The van der Waals surface area contributed by atoms with E-state index in [1.54, 1.807) is 28.8 Å². The van der Waals surface area contributed by atoms with Gasteiger partial charge in [-0.1, -0.05) is 66.2 Å². The highest BCUT2D eigenvalue weighted by Crippen LogP contribution is 2.38. The second-order valence-corrected chi connectivity index (χ2v) is 6.25. The van der Waals surface area contributed by atoms with E-state index in [4.69, 9.17) is 11.6 Å². The molecule has 0 amide bonds. The molecule has 0 unspecified atom stereocenters. The quantitative estimate of drug-likeness (QED) is 0.464. The van der Waals surface area contributed by atoms with E-state index in [0.29, 0.717) is 27.4 Å². The Morgan fingerprint density at radius 2 is 1.62 bits per heavy atom. The van der Waals surface area contributed by atoms with Gasteiger partial charge in [-0.3, -0.25) is 4.79 Å². The Labute approximate surface area is 155 Å². The molecule has 4 rings (SSSR count). The van der Waals surface area contributed by atoms with E-state index in [9.17, 15) is 10.1 Å². The van der Waals surface area contributed by atoms with Crippen LogP contribution in [-0.4, -0.2) is 10.2 Å². The lowest BCUT2D eigenvalue weighted by Crippen LogP contribution is -2.04. The Balaban J connectivity index is 2.12. The maximum Gasteiger partial charge on any atom is 0.196 e. The maximum atomic E-state index is 13.3. The second kappa shape index (κ2) is 6.51. The highest BCUT2D eigenvalue weighted by Gasteiger charge is 2.26. The van der Waals surface area contributed by atoms with Gasteiger partial charge < -0.3 is 4.40 Å². The first-order valence-electron chi connectivity index (χ1n) is 8.10. The van der Waals surface area contributed by atoms with Crippen molar-refractivity contribution in [2.45, 2.75) is 0 Å². The first-order chi connectivity index (χ1) is 12.7. The van der Waals surface area contributed by atoms with Crippen LogP contribution in [0.15, 0.2) is 79.0 Å². The highest BCUT2D eigenvalue weighted by molar-refractivity contribution is 6.34. The van der Waals surface area contributed by atoms with Gasteiger partial charge in [0.25, 0.3) is 0 Å². The number of ketones is 1. The topological polar surface area (TPSA) is 45.3 Å². The number of benzene rings is 2. The molecule has 0 aliphatic heterocycles. The summed E-state index contributed by atoms with van der Waals surface area (Å²) in [5.41, 5.74) is 3.41. The molecule has 0 bridgehead atoms. The minimum atomic E-state index is -0.194. The largest absolute Gasteiger partial charge is 0.307 e. The van der Waals surface area contributed by atoms with Gasteiger partial charge in [-0.25, -0.2) is 0 Å². The van der Waals surface area contributed by atoms with Crippen LogP contribution < -0.4 is 0 Å². The Bertz CT molecular complexity index is 1170. The number of hydrogen-bond acceptors (Lipinski definition) is 2. The van der Waals surface area contributed by atoms with Crippen molar-refractivity contribution in [2.24, 2.45) is 0 Å². The van der Waals surface area contributed by atoms with Crippen molar-refractivity contribution >= 4 is 22.9 Å². The fraction of sp³-hybridized carbons (Fsp3) is 0. The Hall–Kier alpha value is -3.35. The van der Waals surface area contributed by atoms with Crippen LogP contribution in [0.4, 0.5) is 0 Å². The summed E-state index contributed by atoms with van der Waals surface area (Å²) in [6.07, 6.45) is 1.79. The summed E-state index contributed by atoms with van der Waals surface area (Å²) in [7, 11) is 0. The highest BCUT2D eigenvalue weighted by atomic mass is 35.5. The molecule has 0 aliphatic rings. The van der Waals surface area contributed by atoms with Crippen molar-refractivity contribution in [1.29, 1.82) is 5.26 Å². The molecule has 2 heterocycles. The number of carbonyl (C=O) groups excluding carboxylic acids is 1. The third kappa shape index (κ3) is 2.48. The predicted octanol–water partition coefficient (Wildman–Crippen LogP) is 5.36. The van der Waals surface area contributed by atoms with Gasteiger partial charge in [-0.05, 0) is 18.2 Å². The Morgan fingerprint density at radius 1 is 0.923 bits per heavy atom. The lowest BCUT2D eigenvalue weighted by Gasteiger charge is -2.07. The number of nitriles is 1. The summed E-state index contributed by atoms with van der Waals surface area (Å²) >= 11 is 6.43. The molecule has 0 fully saturated rings. The zero-order valence-electron chi connectivity index (χ0n) is 13.7. The molecule has 2 aromatic heterocycles. The van der Waals surface area contributed by atoms with E-state index >= 15 is 0 Å². The fourth-order valence-corrected chi connectivity index (χ4v) is 3.44. The minimum Gasteiger partial charge on any atom is -0.307 e. The van der Waals surface area contributed by atoms with Crippen LogP contribution in [0.3, 0.4) is 0 Å². The number of rotatable bonds is 3. The lowest BCUT2D eigenvalue weighted by molar-refractivity contribution is 0.103. The Kier molecular flexibility index (Phi) is 4.04. The van der Waals surface area contributed by atoms with Crippen LogP contribution in [0.2, 0.25) is 5.02 Å². The average molecular weight is 357 g/mol. The summed E-state index contributed by atoms with van der Waals surface area (Å²) < 4.78 is 1.74. The van der Waals surface area contributed by atoms with Crippen molar-refractivity contribution in [3.8, 4) is 17.2 Å². The van der Waals surface area contributed by atoms with Crippen LogP contribution in [0, 0.1) is 11.3 Å². The van der Waals surface area contributed by atoms with Crippen molar-refractivity contribution in [1.82, 2.24) is 4.40 Å². The molecule has 124 valence electrons. The summed E-state index contributed by atoms with van der Waals surface area (Å²) in [5.74, 6) is -0.194. The Morgan fingerprint density at radius 3 is 2.35 bits per heavy atom. The molecule has 26 heavy (non-hydrogen) atoms. The van der Waals surface area contributed by atoms with Crippen LogP contribution >= 0.6 is 11.6 Å². The minimum absolute atomic E-state index is 0.194. The van der Waals surface area contributed by atoms with Gasteiger partial charge in [0.05, 0.1) is 11.1 Å². The van der Waals surface area contributed by atoms with Gasteiger partial charge in [0, 0.05) is 27.9 Å². The number of aromatic nitrogens is 1. The molecular weight excluding hydrogens is 344 g/mol. The lowest BCUT2D eigenvalue weighted by atomic mass is 9.95. The van der Waals surface area contributed by atoms with Gasteiger partial charge in [0.2, 0.25) is 0 Å². The molecule has 0 radical (unpaired) electrons. The van der Waals surface area contributed by atoms with Gasteiger partial charge >= 0.3 is 0 Å².